The highest BCUT2D eigenvalue weighted by Gasteiger charge is 2.13. The average molecular weight is 331 g/mol. The Morgan fingerprint density at radius 3 is 2.57 bits per heavy atom. The zero-order chi connectivity index (χ0) is 15.4. The van der Waals surface area contributed by atoms with Gasteiger partial charge in [-0.25, -0.2) is 4.39 Å². The normalized spacial score (nSPS) is 10.5. The van der Waals surface area contributed by atoms with E-state index in [0.29, 0.717) is 32.7 Å². The van der Waals surface area contributed by atoms with Crippen LogP contribution in [0.4, 0.5) is 4.39 Å². The maximum Gasteiger partial charge on any atom is 0.167 e. The van der Waals surface area contributed by atoms with Crippen LogP contribution in [0, 0.1) is 5.82 Å². The summed E-state index contributed by atoms with van der Waals surface area (Å²) in [5.74, 6) is 0.340. The lowest BCUT2D eigenvalue weighted by atomic mass is 10.2. The molecule has 1 N–H and O–H groups in total. The highest BCUT2D eigenvalue weighted by Crippen LogP contribution is 2.35. The molecule has 2 aromatic rings. The first kappa shape index (κ1) is 15.9. The fourth-order valence-electron chi connectivity index (χ4n) is 1.86. The van der Waals surface area contributed by atoms with E-state index in [9.17, 15) is 9.50 Å². The Morgan fingerprint density at radius 2 is 1.90 bits per heavy atom. The molecule has 0 amide bonds. The van der Waals surface area contributed by atoms with E-state index in [0.717, 1.165) is 0 Å². The fourth-order valence-corrected chi connectivity index (χ4v) is 2.26. The molecule has 3 nitrogen and oxygen atoms in total. The van der Waals surface area contributed by atoms with E-state index < -0.39 is 5.82 Å². The molecule has 0 radical (unpaired) electrons. The lowest BCUT2D eigenvalue weighted by molar-refractivity contribution is 0.249. The van der Waals surface area contributed by atoms with Gasteiger partial charge >= 0.3 is 0 Å². The summed E-state index contributed by atoms with van der Waals surface area (Å²) in [6.07, 6.45) is 0. The minimum atomic E-state index is -0.400. The van der Waals surface area contributed by atoms with Gasteiger partial charge in [-0.05, 0) is 24.3 Å². The zero-order valence-electron chi connectivity index (χ0n) is 11.2. The Hall–Kier alpha value is -1.49. The van der Waals surface area contributed by atoms with Gasteiger partial charge in [0.15, 0.2) is 11.5 Å². The number of aliphatic hydroxyl groups is 1. The quantitative estimate of drug-likeness (QED) is 0.892. The molecule has 2 rings (SSSR count). The summed E-state index contributed by atoms with van der Waals surface area (Å²) in [5, 5.41) is 10.2. The third-order valence-corrected chi connectivity index (χ3v) is 3.45. The van der Waals surface area contributed by atoms with Gasteiger partial charge < -0.3 is 14.6 Å². The van der Waals surface area contributed by atoms with Crippen LogP contribution < -0.4 is 9.47 Å². The topological polar surface area (TPSA) is 38.7 Å². The Bertz CT molecular complexity index is 622. The van der Waals surface area contributed by atoms with Crippen LogP contribution in [-0.2, 0) is 13.2 Å². The first-order valence-corrected chi connectivity index (χ1v) is 6.84. The Labute approximate surface area is 131 Å². The van der Waals surface area contributed by atoms with E-state index in [-0.39, 0.29) is 13.2 Å². The lowest BCUT2D eigenvalue weighted by Gasteiger charge is -2.15. The van der Waals surface area contributed by atoms with Crippen LogP contribution in [0.1, 0.15) is 11.1 Å². The van der Waals surface area contributed by atoms with Crippen molar-refractivity contribution in [1.29, 1.82) is 0 Å². The van der Waals surface area contributed by atoms with Crippen molar-refractivity contribution in [2.24, 2.45) is 0 Å². The number of aliphatic hydroxyl groups excluding tert-OH is 1. The molecule has 0 unspecified atom stereocenters. The van der Waals surface area contributed by atoms with E-state index in [1.165, 1.54) is 25.3 Å². The maximum absolute atomic E-state index is 13.2. The molecule has 112 valence electrons. The second kappa shape index (κ2) is 6.98. The van der Waals surface area contributed by atoms with Crippen LogP contribution in [0.25, 0.3) is 0 Å². The monoisotopic (exact) mass is 330 g/mol. The molecule has 0 saturated heterocycles. The van der Waals surface area contributed by atoms with Gasteiger partial charge in [0.25, 0.3) is 0 Å². The highest BCUT2D eigenvalue weighted by molar-refractivity contribution is 6.31. The van der Waals surface area contributed by atoms with Gasteiger partial charge in [-0.1, -0.05) is 23.2 Å². The van der Waals surface area contributed by atoms with Crippen LogP contribution in [-0.4, -0.2) is 12.2 Å². The van der Waals surface area contributed by atoms with Crippen molar-refractivity contribution in [3.05, 3.63) is 57.3 Å². The predicted molar refractivity (Wildman–Crippen MR) is 79.7 cm³/mol. The molecule has 2 aromatic carbocycles. The van der Waals surface area contributed by atoms with Crippen molar-refractivity contribution in [3.63, 3.8) is 0 Å². The summed E-state index contributed by atoms with van der Waals surface area (Å²) in [5.41, 5.74) is 0.976. The standard InChI is InChI=1S/C15H13Cl2FO3/c1-20-14-6-11(16)4-9(7-19)15(14)21-8-10-5-12(18)2-3-13(10)17/h2-6,19H,7-8H2,1H3. The predicted octanol–water partition coefficient (Wildman–Crippen LogP) is 4.21. The first-order chi connectivity index (χ1) is 10.0. The average Bonchev–Trinajstić information content (AvgIpc) is 2.48. The van der Waals surface area contributed by atoms with E-state index in [1.54, 1.807) is 12.1 Å². The van der Waals surface area contributed by atoms with Crippen molar-refractivity contribution in [1.82, 2.24) is 0 Å². The van der Waals surface area contributed by atoms with Gasteiger partial charge in [0.05, 0.1) is 13.7 Å². The van der Waals surface area contributed by atoms with E-state index in [1.807, 2.05) is 0 Å². The van der Waals surface area contributed by atoms with Crippen molar-refractivity contribution in [2.75, 3.05) is 7.11 Å². The Morgan fingerprint density at radius 1 is 1.14 bits per heavy atom. The Balaban J connectivity index is 2.29. The van der Waals surface area contributed by atoms with Crippen LogP contribution in [0.2, 0.25) is 10.0 Å². The Kier molecular flexibility index (Phi) is 5.28. The fraction of sp³-hybridized carbons (Fsp3) is 0.200. The molecule has 6 heteroatoms. The molecule has 0 aliphatic carbocycles. The summed E-state index contributed by atoms with van der Waals surface area (Å²) in [6.45, 7) is -0.218. The van der Waals surface area contributed by atoms with Crippen LogP contribution in [0.15, 0.2) is 30.3 Å². The van der Waals surface area contributed by atoms with Gasteiger partial charge in [0, 0.05) is 27.2 Å². The van der Waals surface area contributed by atoms with Gasteiger partial charge in [0.1, 0.15) is 12.4 Å². The number of halogens is 3. The molecule has 0 bridgehead atoms. The third kappa shape index (κ3) is 3.79. The summed E-state index contributed by atoms with van der Waals surface area (Å²) in [6, 6.07) is 7.18. The van der Waals surface area contributed by atoms with Crippen molar-refractivity contribution < 1.29 is 19.0 Å². The summed E-state index contributed by atoms with van der Waals surface area (Å²) in [7, 11) is 1.47. The van der Waals surface area contributed by atoms with E-state index in [4.69, 9.17) is 32.7 Å². The highest BCUT2D eigenvalue weighted by atomic mass is 35.5. The molecular weight excluding hydrogens is 318 g/mol. The van der Waals surface area contributed by atoms with E-state index >= 15 is 0 Å². The molecule has 0 aliphatic rings. The molecule has 21 heavy (non-hydrogen) atoms. The molecular formula is C15H13Cl2FO3. The zero-order valence-corrected chi connectivity index (χ0v) is 12.7. The number of rotatable bonds is 5. The summed E-state index contributed by atoms with van der Waals surface area (Å²) in [4.78, 5) is 0. The SMILES string of the molecule is COc1cc(Cl)cc(CO)c1OCc1cc(F)ccc1Cl. The van der Waals surface area contributed by atoms with Gasteiger partial charge in [0.2, 0.25) is 0 Å². The van der Waals surface area contributed by atoms with Gasteiger partial charge in [-0.3, -0.25) is 0 Å². The van der Waals surface area contributed by atoms with Crippen molar-refractivity contribution in [2.45, 2.75) is 13.2 Å². The number of ether oxygens (including phenoxy) is 2. The molecule has 0 fully saturated rings. The molecule has 0 aliphatic heterocycles. The van der Waals surface area contributed by atoms with Crippen molar-refractivity contribution in [3.8, 4) is 11.5 Å². The maximum atomic E-state index is 13.2. The smallest absolute Gasteiger partial charge is 0.167 e. The molecule has 0 saturated carbocycles. The molecule has 0 aromatic heterocycles. The van der Waals surface area contributed by atoms with Crippen molar-refractivity contribution >= 4 is 23.2 Å². The lowest BCUT2D eigenvalue weighted by Crippen LogP contribution is -2.02. The number of hydrogen-bond acceptors (Lipinski definition) is 3. The summed E-state index contributed by atoms with van der Waals surface area (Å²) < 4.78 is 24.0. The minimum Gasteiger partial charge on any atom is -0.493 e. The van der Waals surface area contributed by atoms with Gasteiger partial charge in [-0.15, -0.1) is 0 Å². The van der Waals surface area contributed by atoms with E-state index in [2.05, 4.69) is 0 Å². The number of hydrogen-bond donors (Lipinski definition) is 1. The third-order valence-electron chi connectivity index (χ3n) is 2.87. The summed E-state index contributed by atoms with van der Waals surface area (Å²) >= 11 is 11.9. The molecule has 0 atom stereocenters. The van der Waals surface area contributed by atoms with Crippen LogP contribution in [0.5, 0.6) is 11.5 Å². The molecule has 0 spiro atoms. The largest absolute Gasteiger partial charge is 0.493 e. The number of benzene rings is 2. The molecule has 0 heterocycles. The second-order valence-electron chi connectivity index (χ2n) is 4.28. The van der Waals surface area contributed by atoms with Gasteiger partial charge in [-0.2, -0.15) is 0 Å². The minimum absolute atomic E-state index is 0.0432. The number of methoxy groups -OCH3 is 1. The first-order valence-electron chi connectivity index (χ1n) is 6.09. The second-order valence-corrected chi connectivity index (χ2v) is 5.12. The van der Waals surface area contributed by atoms with Crippen LogP contribution in [0.3, 0.4) is 0 Å². The van der Waals surface area contributed by atoms with Crippen LogP contribution >= 0.6 is 23.2 Å².